The molecule has 0 saturated carbocycles. The van der Waals surface area contributed by atoms with Crippen LogP contribution in [0, 0.1) is 0 Å². The first-order valence-corrected chi connectivity index (χ1v) is 12.1. The summed E-state index contributed by atoms with van der Waals surface area (Å²) in [7, 11) is -1.06. The zero-order valence-corrected chi connectivity index (χ0v) is 20.5. The normalized spacial score (nSPS) is 11.6. The average molecular weight is 496 g/mol. The number of aromatic nitrogens is 3. The van der Waals surface area contributed by atoms with Crippen molar-refractivity contribution in [1.29, 1.82) is 0 Å². The number of ketones is 1. The minimum Gasteiger partial charge on any atom is -0.497 e. The molecule has 0 aliphatic heterocycles. The second-order valence-electron chi connectivity index (χ2n) is 8.03. The third kappa shape index (κ3) is 4.50. The third-order valence-corrected chi connectivity index (χ3v) is 6.90. The average Bonchev–Trinajstić information content (AvgIpc) is 3.25. The lowest BCUT2D eigenvalue weighted by Crippen LogP contribution is -2.14. The maximum absolute atomic E-state index is 13.6. The van der Waals surface area contributed by atoms with Gasteiger partial charge in [-0.3, -0.25) is 9.52 Å². The van der Waals surface area contributed by atoms with Crippen LogP contribution in [0.2, 0.25) is 0 Å². The fourth-order valence-corrected chi connectivity index (χ4v) is 4.78. The Kier molecular flexibility index (Phi) is 6.35. The molecule has 0 atom stereocenters. The second-order valence-corrected chi connectivity index (χ2v) is 9.71. The molecule has 10 nitrogen and oxygen atoms in total. The molecule has 3 N–H and O–H groups in total. The summed E-state index contributed by atoms with van der Waals surface area (Å²) >= 11 is 0. The summed E-state index contributed by atoms with van der Waals surface area (Å²) in [6, 6.07) is 10.5. The van der Waals surface area contributed by atoms with E-state index in [9.17, 15) is 13.2 Å². The molecule has 35 heavy (non-hydrogen) atoms. The van der Waals surface area contributed by atoms with Crippen molar-refractivity contribution in [3.8, 4) is 11.5 Å². The predicted octanol–water partition coefficient (Wildman–Crippen LogP) is 3.64. The van der Waals surface area contributed by atoms with Gasteiger partial charge in [0.25, 0.3) is 10.0 Å². The van der Waals surface area contributed by atoms with E-state index in [1.165, 1.54) is 44.8 Å². The summed E-state index contributed by atoms with van der Waals surface area (Å²) < 4.78 is 40.7. The van der Waals surface area contributed by atoms with Crippen LogP contribution in [-0.2, 0) is 10.0 Å². The van der Waals surface area contributed by atoms with Gasteiger partial charge in [0.2, 0.25) is 0 Å². The van der Waals surface area contributed by atoms with Crippen LogP contribution in [0.1, 0.15) is 35.8 Å². The summed E-state index contributed by atoms with van der Waals surface area (Å²) in [5.74, 6) is 0.610. The molecule has 4 rings (SSSR count). The molecular formula is C24H25N5O5S. The van der Waals surface area contributed by atoms with E-state index in [1.807, 2.05) is 18.4 Å². The third-order valence-electron chi connectivity index (χ3n) is 5.52. The number of fused-ring (bicyclic) bond motifs is 1. The quantitative estimate of drug-likeness (QED) is 0.353. The van der Waals surface area contributed by atoms with E-state index in [0.29, 0.717) is 22.3 Å². The number of carbonyl (C=O) groups is 1. The molecular weight excluding hydrogens is 470 g/mol. The smallest absolute Gasteiger partial charge is 0.262 e. The molecule has 0 aliphatic carbocycles. The van der Waals surface area contributed by atoms with E-state index < -0.39 is 10.0 Å². The van der Waals surface area contributed by atoms with Crippen LogP contribution in [0.25, 0.3) is 11.0 Å². The first-order chi connectivity index (χ1) is 16.7. The van der Waals surface area contributed by atoms with Gasteiger partial charge in [-0.05, 0) is 56.3 Å². The van der Waals surface area contributed by atoms with Crippen LogP contribution in [0.3, 0.4) is 0 Å². The molecule has 0 spiro atoms. The zero-order chi connectivity index (χ0) is 25.3. The summed E-state index contributed by atoms with van der Waals surface area (Å²) in [5, 5.41) is 0.447. The number of ether oxygens (including phenoxy) is 2. The Morgan fingerprint density at radius 2 is 1.77 bits per heavy atom. The van der Waals surface area contributed by atoms with Crippen LogP contribution in [0.4, 0.5) is 11.5 Å². The Balaban J connectivity index is 1.76. The summed E-state index contributed by atoms with van der Waals surface area (Å²) in [4.78, 5) is 21.9. The van der Waals surface area contributed by atoms with Crippen LogP contribution in [-0.4, -0.2) is 43.0 Å². The van der Waals surface area contributed by atoms with E-state index in [-0.39, 0.29) is 39.5 Å². The zero-order valence-electron chi connectivity index (χ0n) is 19.6. The van der Waals surface area contributed by atoms with E-state index in [4.69, 9.17) is 15.2 Å². The van der Waals surface area contributed by atoms with Gasteiger partial charge in [-0.15, -0.1) is 0 Å². The number of anilines is 2. The van der Waals surface area contributed by atoms with Gasteiger partial charge in [0.05, 0.1) is 35.8 Å². The van der Waals surface area contributed by atoms with Crippen molar-refractivity contribution in [3.05, 3.63) is 66.1 Å². The van der Waals surface area contributed by atoms with E-state index in [1.54, 1.807) is 24.4 Å². The molecule has 2 aromatic heterocycles. The van der Waals surface area contributed by atoms with E-state index >= 15 is 0 Å². The number of benzene rings is 2. The highest BCUT2D eigenvalue weighted by Gasteiger charge is 2.23. The standard InChI is InChI=1S/C24H25N5O5S/c1-14(2)29-12-18(21-23(25)26-13-27-24(21)29)22(30)15-5-10-20(34-4)19(11-15)28-35(31,32)17-8-6-16(33-3)7-9-17/h5-14,28H,1-4H3,(H2,25,26,27). The minimum absolute atomic E-state index is 0.0242. The Bertz CT molecular complexity index is 1510. The van der Waals surface area contributed by atoms with Gasteiger partial charge in [0, 0.05) is 17.8 Å². The number of rotatable bonds is 8. The topological polar surface area (TPSA) is 138 Å². The van der Waals surface area contributed by atoms with Gasteiger partial charge >= 0.3 is 0 Å². The number of nitrogens with one attached hydrogen (secondary N) is 1. The number of carbonyl (C=O) groups excluding carboxylic acids is 1. The van der Waals surface area contributed by atoms with Gasteiger partial charge in [-0.1, -0.05) is 0 Å². The number of nitrogens with zero attached hydrogens (tertiary/aromatic N) is 3. The Morgan fingerprint density at radius 3 is 2.40 bits per heavy atom. The lowest BCUT2D eigenvalue weighted by Gasteiger charge is -2.13. The van der Waals surface area contributed by atoms with Crippen LogP contribution < -0.4 is 19.9 Å². The van der Waals surface area contributed by atoms with Crippen molar-refractivity contribution < 1.29 is 22.7 Å². The number of hydrogen-bond acceptors (Lipinski definition) is 8. The van der Waals surface area contributed by atoms with Crippen LogP contribution >= 0.6 is 0 Å². The maximum Gasteiger partial charge on any atom is 0.262 e. The number of sulfonamides is 1. The molecule has 0 amide bonds. The van der Waals surface area contributed by atoms with Crippen LogP contribution in [0.15, 0.2) is 59.9 Å². The molecule has 0 unspecified atom stereocenters. The highest BCUT2D eigenvalue weighted by atomic mass is 32.2. The molecule has 4 aromatic rings. The Labute approximate surface area is 202 Å². The number of hydrogen-bond donors (Lipinski definition) is 2. The lowest BCUT2D eigenvalue weighted by atomic mass is 10.0. The van der Waals surface area contributed by atoms with Crippen molar-refractivity contribution in [2.24, 2.45) is 0 Å². The lowest BCUT2D eigenvalue weighted by molar-refractivity contribution is 0.104. The predicted molar refractivity (Wildman–Crippen MR) is 133 cm³/mol. The van der Waals surface area contributed by atoms with Crippen LogP contribution in [0.5, 0.6) is 11.5 Å². The van der Waals surface area contributed by atoms with Crippen molar-refractivity contribution in [3.63, 3.8) is 0 Å². The molecule has 2 aromatic carbocycles. The fourth-order valence-electron chi connectivity index (χ4n) is 3.72. The number of nitrogen functional groups attached to an aromatic ring is 1. The van der Waals surface area contributed by atoms with E-state index in [0.717, 1.165) is 0 Å². The Morgan fingerprint density at radius 1 is 1.06 bits per heavy atom. The van der Waals surface area contributed by atoms with E-state index in [2.05, 4.69) is 14.7 Å². The largest absolute Gasteiger partial charge is 0.497 e. The SMILES string of the molecule is COc1ccc(S(=O)(=O)Nc2cc(C(=O)c3cn(C(C)C)c4ncnc(N)c34)ccc2OC)cc1. The fraction of sp³-hybridized carbons (Fsp3) is 0.208. The minimum atomic E-state index is -3.97. The summed E-state index contributed by atoms with van der Waals surface area (Å²) in [6.45, 7) is 3.93. The van der Waals surface area contributed by atoms with Crippen molar-refractivity contribution in [2.45, 2.75) is 24.8 Å². The number of methoxy groups -OCH3 is 2. The molecule has 2 heterocycles. The molecule has 11 heteroatoms. The van der Waals surface area contributed by atoms with Gasteiger partial charge < -0.3 is 19.8 Å². The van der Waals surface area contributed by atoms with Gasteiger partial charge in [-0.25, -0.2) is 18.4 Å². The van der Waals surface area contributed by atoms with Crippen molar-refractivity contribution in [2.75, 3.05) is 24.7 Å². The summed E-state index contributed by atoms with van der Waals surface area (Å²) in [6.07, 6.45) is 3.04. The molecule has 0 fully saturated rings. The van der Waals surface area contributed by atoms with Crippen molar-refractivity contribution >= 4 is 38.3 Å². The maximum atomic E-state index is 13.6. The van der Waals surface area contributed by atoms with Gasteiger partial charge in [0.1, 0.15) is 29.3 Å². The highest BCUT2D eigenvalue weighted by Crippen LogP contribution is 2.32. The Hall–Kier alpha value is -4.12. The first-order valence-electron chi connectivity index (χ1n) is 10.7. The molecule has 0 aliphatic rings. The van der Waals surface area contributed by atoms with Gasteiger partial charge in [-0.2, -0.15) is 0 Å². The molecule has 0 bridgehead atoms. The monoisotopic (exact) mass is 495 g/mol. The molecule has 182 valence electrons. The second kappa shape index (κ2) is 9.26. The van der Waals surface area contributed by atoms with Crippen molar-refractivity contribution in [1.82, 2.24) is 14.5 Å². The first kappa shape index (κ1) is 24.0. The highest BCUT2D eigenvalue weighted by molar-refractivity contribution is 7.92. The number of nitrogens with two attached hydrogens (primary N) is 1. The molecule has 0 saturated heterocycles. The molecule has 0 radical (unpaired) electrons. The summed E-state index contributed by atoms with van der Waals surface area (Å²) in [5.41, 5.74) is 7.32. The van der Waals surface area contributed by atoms with Gasteiger partial charge in [0.15, 0.2) is 5.78 Å².